The van der Waals surface area contributed by atoms with E-state index in [1.54, 1.807) is 0 Å². The van der Waals surface area contributed by atoms with Crippen LogP contribution in [-0.2, 0) is 0 Å². The summed E-state index contributed by atoms with van der Waals surface area (Å²) in [5, 5.41) is 9.34. The Morgan fingerprint density at radius 3 is 2.25 bits per heavy atom. The van der Waals surface area contributed by atoms with Gasteiger partial charge in [0, 0.05) is 6.07 Å². The minimum absolute atomic E-state index is 0.114. The molecule has 0 bridgehead atoms. The average Bonchev–Trinajstić information content (AvgIpc) is 2.37. The number of carboxylic acid groups (broad SMARTS) is 1. The standard InChI is InChI=1S/C13H6Cl3FO3/c14-7-4-9(16)12(5-8(7)15)20-11-2-1-6(13(18)19)3-10(11)17/h1-5H,(H,18,19). The Morgan fingerprint density at radius 2 is 1.65 bits per heavy atom. The van der Waals surface area contributed by atoms with Crippen LogP contribution >= 0.6 is 34.8 Å². The number of ether oxygens (including phenoxy) is 1. The van der Waals surface area contributed by atoms with Crippen molar-refractivity contribution in [2.45, 2.75) is 0 Å². The van der Waals surface area contributed by atoms with Crippen LogP contribution in [0.2, 0.25) is 15.1 Å². The maximum atomic E-state index is 13.7. The Kier molecular flexibility index (Phi) is 4.38. The van der Waals surface area contributed by atoms with Crippen molar-refractivity contribution < 1.29 is 19.0 Å². The second-order valence-corrected chi connectivity index (χ2v) is 4.97. The first-order valence-corrected chi connectivity index (χ1v) is 6.37. The molecule has 0 unspecified atom stereocenters. The summed E-state index contributed by atoms with van der Waals surface area (Å²) in [5.41, 5.74) is -0.185. The van der Waals surface area contributed by atoms with E-state index in [0.717, 1.165) is 6.07 Å². The van der Waals surface area contributed by atoms with Crippen molar-refractivity contribution in [3.63, 3.8) is 0 Å². The smallest absolute Gasteiger partial charge is 0.335 e. The first-order valence-electron chi connectivity index (χ1n) is 5.23. The molecule has 0 saturated carbocycles. The lowest BCUT2D eigenvalue weighted by molar-refractivity contribution is 0.0696. The number of benzene rings is 2. The van der Waals surface area contributed by atoms with Gasteiger partial charge in [0.15, 0.2) is 11.6 Å². The summed E-state index contributed by atoms with van der Waals surface area (Å²) in [7, 11) is 0. The van der Waals surface area contributed by atoms with E-state index in [0.29, 0.717) is 0 Å². The molecule has 0 radical (unpaired) electrons. The molecule has 0 atom stereocenters. The van der Waals surface area contributed by atoms with E-state index in [4.69, 9.17) is 44.6 Å². The van der Waals surface area contributed by atoms with E-state index in [2.05, 4.69) is 0 Å². The zero-order valence-electron chi connectivity index (χ0n) is 9.66. The van der Waals surface area contributed by atoms with Crippen molar-refractivity contribution in [1.29, 1.82) is 0 Å². The van der Waals surface area contributed by atoms with Crippen molar-refractivity contribution >= 4 is 40.8 Å². The van der Waals surface area contributed by atoms with Crippen molar-refractivity contribution in [3.05, 3.63) is 56.8 Å². The van der Waals surface area contributed by atoms with Crippen LogP contribution in [0.5, 0.6) is 11.5 Å². The van der Waals surface area contributed by atoms with Gasteiger partial charge in [-0.25, -0.2) is 9.18 Å². The van der Waals surface area contributed by atoms with Gasteiger partial charge in [0.25, 0.3) is 0 Å². The van der Waals surface area contributed by atoms with Gasteiger partial charge in [-0.15, -0.1) is 0 Å². The van der Waals surface area contributed by atoms with Gasteiger partial charge in [-0.1, -0.05) is 34.8 Å². The summed E-state index contributed by atoms with van der Waals surface area (Å²) >= 11 is 17.5. The molecule has 20 heavy (non-hydrogen) atoms. The second-order valence-electron chi connectivity index (χ2n) is 3.75. The molecule has 3 nitrogen and oxygen atoms in total. The SMILES string of the molecule is O=C(O)c1ccc(Oc2cc(Cl)c(Cl)cc2Cl)c(F)c1. The van der Waals surface area contributed by atoms with E-state index < -0.39 is 11.8 Å². The highest BCUT2D eigenvalue weighted by molar-refractivity contribution is 6.43. The molecule has 0 aliphatic rings. The molecule has 0 fully saturated rings. The average molecular weight is 336 g/mol. The Labute approximate surface area is 128 Å². The fourth-order valence-corrected chi connectivity index (χ4v) is 1.99. The predicted molar refractivity (Wildman–Crippen MR) is 74.9 cm³/mol. The molecule has 7 heteroatoms. The number of hydrogen-bond donors (Lipinski definition) is 1. The molecule has 0 aliphatic heterocycles. The molecule has 0 spiro atoms. The quantitative estimate of drug-likeness (QED) is 0.777. The van der Waals surface area contributed by atoms with Crippen LogP contribution < -0.4 is 4.74 Å². The summed E-state index contributed by atoms with van der Waals surface area (Å²) in [5.74, 6) is -2.12. The third-order valence-corrected chi connectivity index (χ3v) is 3.39. The van der Waals surface area contributed by atoms with Gasteiger partial charge in [0.2, 0.25) is 0 Å². The summed E-state index contributed by atoms with van der Waals surface area (Å²) in [6.45, 7) is 0. The lowest BCUT2D eigenvalue weighted by Crippen LogP contribution is -1.98. The fraction of sp³-hybridized carbons (Fsp3) is 0. The van der Waals surface area contributed by atoms with E-state index in [1.165, 1.54) is 24.3 Å². The molecule has 2 aromatic rings. The van der Waals surface area contributed by atoms with Gasteiger partial charge in [-0.3, -0.25) is 0 Å². The van der Waals surface area contributed by atoms with Crippen LogP contribution in [0, 0.1) is 5.82 Å². The molecule has 0 saturated heterocycles. The lowest BCUT2D eigenvalue weighted by atomic mass is 10.2. The number of aromatic carboxylic acids is 1. The number of halogens is 4. The summed E-state index contributed by atoms with van der Waals surface area (Å²) in [6.07, 6.45) is 0. The monoisotopic (exact) mass is 334 g/mol. The van der Waals surface area contributed by atoms with Crippen LogP contribution in [-0.4, -0.2) is 11.1 Å². The summed E-state index contributed by atoms with van der Waals surface area (Å²) in [6, 6.07) is 5.97. The van der Waals surface area contributed by atoms with Crippen LogP contribution in [0.3, 0.4) is 0 Å². The molecule has 2 aromatic carbocycles. The fourth-order valence-electron chi connectivity index (χ4n) is 1.42. The van der Waals surface area contributed by atoms with Gasteiger partial charge < -0.3 is 9.84 Å². The molecule has 104 valence electrons. The molecule has 0 aromatic heterocycles. The Hall–Kier alpha value is -1.49. The molecule has 2 rings (SSSR count). The van der Waals surface area contributed by atoms with Gasteiger partial charge in [-0.05, 0) is 24.3 Å². The summed E-state index contributed by atoms with van der Waals surface area (Å²) < 4.78 is 19.0. The van der Waals surface area contributed by atoms with Crippen LogP contribution in [0.15, 0.2) is 30.3 Å². The van der Waals surface area contributed by atoms with Gasteiger partial charge >= 0.3 is 5.97 Å². The highest BCUT2D eigenvalue weighted by Gasteiger charge is 2.13. The highest BCUT2D eigenvalue weighted by Crippen LogP contribution is 2.37. The van der Waals surface area contributed by atoms with E-state index in [1.807, 2.05) is 0 Å². The number of carbonyl (C=O) groups is 1. The van der Waals surface area contributed by atoms with Crippen molar-refractivity contribution in [2.24, 2.45) is 0 Å². The Morgan fingerprint density at radius 1 is 1.00 bits per heavy atom. The van der Waals surface area contributed by atoms with Gasteiger partial charge in [0.05, 0.1) is 20.6 Å². The van der Waals surface area contributed by atoms with Gasteiger partial charge in [0.1, 0.15) is 5.75 Å². The number of hydrogen-bond acceptors (Lipinski definition) is 2. The highest BCUT2D eigenvalue weighted by atomic mass is 35.5. The van der Waals surface area contributed by atoms with Crippen molar-refractivity contribution in [3.8, 4) is 11.5 Å². The third-order valence-electron chi connectivity index (χ3n) is 2.37. The third kappa shape index (κ3) is 3.15. The Bertz CT molecular complexity index is 689. The number of carboxylic acids is 1. The minimum atomic E-state index is -1.23. The van der Waals surface area contributed by atoms with E-state index in [-0.39, 0.29) is 32.1 Å². The molecule has 0 heterocycles. The zero-order chi connectivity index (χ0) is 14.9. The van der Waals surface area contributed by atoms with Crippen LogP contribution in [0.25, 0.3) is 0 Å². The molecular weight excluding hydrogens is 329 g/mol. The predicted octanol–water partition coefficient (Wildman–Crippen LogP) is 5.28. The Balaban J connectivity index is 2.35. The van der Waals surface area contributed by atoms with E-state index >= 15 is 0 Å². The maximum Gasteiger partial charge on any atom is 0.335 e. The molecule has 0 aliphatic carbocycles. The lowest BCUT2D eigenvalue weighted by Gasteiger charge is -2.10. The maximum absolute atomic E-state index is 13.7. The van der Waals surface area contributed by atoms with E-state index in [9.17, 15) is 9.18 Å². The number of rotatable bonds is 3. The normalized spacial score (nSPS) is 10.4. The molecule has 1 N–H and O–H groups in total. The largest absolute Gasteiger partial charge is 0.478 e. The van der Waals surface area contributed by atoms with Crippen LogP contribution in [0.1, 0.15) is 10.4 Å². The zero-order valence-corrected chi connectivity index (χ0v) is 11.9. The topological polar surface area (TPSA) is 46.5 Å². The van der Waals surface area contributed by atoms with Gasteiger partial charge in [-0.2, -0.15) is 0 Å². The molecular formula is C13H6Cl3FO3. The first kappa shape index (κ1) is 14.9. The van der Waals surface area contributed by atoms with Crippen molar-refractivity contribution in [1.82, 2.24) is 0 Å². The minimum Gasteiger partial charge on any atom is -0.478 e. The van der Waals surface area contributed by atoms with Crippen molar-refractivity contribution in [2.75, 3.05) is 0 Å². The molecule has 0 amide bonds. The van der Waals surface area contributed by atoms with Crippen LogP contribution in [0.4, 0.5) is 4.39 Å². The first-order chi connectivity index (χ1) is 9.38. The second kappa shape index (κ2) is 5.87. The summed E-state index contributed by atoms with van der Waals surface area (Å²) in [4.78, 5) is 10.7.